The number of urea groups is 1. The number of fused-ring (bicyclic) bond motifs is 3. The van der Waals surface area contributed by atoms with Gasteiger partial charge in [0.15, 0.2) is 0 Å². The van der Waals surface area contributed by atoms with Gasteiger partial charge in [0, 0.05) is 31.4 Å². The number of amides is 2. The fourth-order valence-corrected chi connectivity index (χ4v) is 5.05. The second-order valence-corrected chi connectivity index (χ2v) is 8.57. The molecule has 1 aliphatic carbocycles. The van der Waals surface area contributed by atoms with Crippen molar-refractivity contribution >= 4 is 24.1 Å². The summed E-state index contributed by atoms with van der Waals surface area (Å²) in [4.78, 5) is 14.6. The average Bonchev–Trinajstić information content (AvgIpc) is 2.75. The van der Waals surface area contributed by atoms with Gasteiger partial charge in [-0.2, -0.15) is 0 Å². The zero-order valence-electron chi connectivity index (χ0n) is 17.5. The Bertz CT molecular complexity index is 847. The molecule has 3 atom stereocenters. The largest absolute Gasteiger partial charge is 0.338 e. The Morgan fingerprint density at radius 1 is 1.00 bits per heavy atom. The van der Waals surface area contributed by atoms with Gasteiger partial charge in [0.25, 0.3) is 0 Å². The molecule has 168 valence electrons. The number of halogens is 3. The third kappa shape index (κ3) is 6.40. The molecule has 2 bridgehead atoms. The van der Waals surface area contributed by atoms with Crippen molar-refractivity contribution in [3.63, 3.8) is 0 Å². The zero-order chi connectivity index (χ0) is 20.9. The summed E-state index contributed by atoms with van der Waals surface area (Å²) in [6.45, 7) is 2.72. The Labute approximate surface area is 188 Å². The quantitative estimate of drug-likeness (QED) is 0.567. The monoisotopic (exact) mass is 449 g/mol. The third-order valence-corrected chi connectivity index (χ3v) is 6.43. The molecule has 2 aliphatic heterocycles. The second kappa shape index (κ2) is 10.9. The van der Waals surface area contributed by atoms with Gasteiger partial charge in [0.05, 0.1) is 0 Å². The highest BCUT2D eigenvalue weighted by Gasteiger charge is 2.40. The van der Waals surface area contributed by atoms with Crippen LogP contribution in [0.1, 0.15) is 31.2 Å². The van der Waals surface area contributed by atoms with Crippen molar-refractivity contribution in [2.24, 2.45) is 11.8 Å². The minimum Gasteiger partial charge on any atom is -0.338 e. The minimum atomic E-state index is -0.325. The van der Waals surface area contributed by atoms with Crippen LogP contribution in [-0.4, -0.2) is 36.6 Å². The van der Waals surface area contributed by atoms with E-state index >= 15 is 0 Å². The molecule has 1 saturated carbocycles. The smallest absolute Gasteiger partial charge is 0.319 e. The molecule has 2 amide bonds. The van der Waals surface area contributed by atoms with E-state index in [2.05, 4.69) is 15.5 Å². The molecule has 0 spiro atoms. The van der Waals surface area contributed by atoms with Crippen LogP contribution in [0.4, 0.5) is 19.3 Å². The van der Waals surface area contributed by atoms with Gasteiger partial charge in [0.2, 0.25) is 0 Å². The first kappa shape index (κ1) is 23.5. The number of nitrogens with one attached hydrogen (secondary N) is 2. The van der Waals surface area contributed by atoms with Gasteiger partial charge in [-0.1, -0.05) is 12.1 Å². The van der Waals surface area contributed by atoms with Crippen LogP contribution in [0.2, 0.25) is 0 Å². The average molecular weight is 450 g/mol. The van der Waals surface area contributed by atoms with E-state index in [4.69, 9.17) is 0 Å². The number of carbonyl (C=O) groups excluding carboxylic acids is 1. The third-order valence-electron chi connectivity index (χ3n) is 6.43. The number of nitrogens with zero attached hydrogens (tertiary/aromatic N) is 1. The normalized spacial score (nSPS) is 22.6. The summed E-state index contributed by atoms with van der Waals surface area (Å²) in [5.41, 5.74) is 1.79. The van der Waals surface area contributed by atoms with E-state index < -0.39 is 0 Å². The zero-order valence-corrected chi connectivity index (χ0v) is 18.3. The van der Waals surface area contributed by atoms with Crippen LogP contribution in [0.15, 0.2) is 48.5 Å². The molecule has 2 saturated heterocycles. The molecule has 2 aromatic carbocycles. The Kier molecular flexibility index (Phi) is 8.27. The van der Waals surface area contributed by atoms with Crippen LogP contribution >= 0.6 is 12.4 Å². The van der Waals surface area contributed by atoms with Crippen molar-refractivity contribution in [1.29, 1.82) is 0 Å². The number of carbonyl (C=O) groups is 1. The van der Waals surface area contributed by atoms with Crippen LogP contribution in [0.5, 0.6) is 0 Å². The Morgan fingerprint density at radius 2 is 1.68 bits per heavy atom. The summed E-state index contributed by atoms with van der Waals surface area (Å²) in [6.07, 6.45) is 5.70. The highest BCUT2D eigenvalue weighted by molar-refractivity contribution is 5.89. The van der Waals surface area contributed by atoms with E-state index in [1.165, 1.54) is 37.0 Å². The number of rotatable bonds is 7. The number of anilines is 1. The maximum atomic E-state index is 13.2. The second-order valence-electron chi connectivity index (χ2n) is 8.57. The summed E-state index contributed by atoms with van der Waals surface area (Å²) in [7, 11) is 0. The summed E-state index contributed by atoms with van der Waals surface area (Å²) < 4.78 is 26.1. The summed E-state index contributed by atoms with van der Waals surface area (Å²) in [5.74, 6) is 0.865. The molecule has 0 aromatic heterocycles. The molecular formula is C24H30ClF2N3O. The number of benzene rings is 2. The molecule has 5 rings (SSSR count). The van der Waals surface area contributed by atoms with Gasteiger partial charge in [-0.3, -0.25) is 4.90 Å². The fourth-order valence-electron chi connectivity index (χ4n) is 5.05. The van der Waals surface area contributed by atoms with Crippen molar-refractivity contribution in [1.82, 2.24) is 10.2 Å². The van der Waals surface area contributed by atoms with Crippen LogP contribution in [0.3, 0.4) is 0 Å². The molecule has 4 nitrogen and oxygen atoms in total. The van der Waals surface area contributed by atoms with Crippen LogP contribution < -0.4 is 10.6 Å². The first-order valence-corrected chi connectivity index (χ1v) is 10.9. The topological polar surface area (TPSA) is 44.4 Å². The van der Waals surface area contributed by atoms with Crippen LogP contribution in [-0.2, 0) is 6.42 Å². The first-order valence-electron chi connectivity index (χ1n) is 10.9. The molecule has 2 N–H and O–H groups in total. The molecule has 3 aliphatic rings. The van der Waals surface area contributed by atoms with E-state index in [9.17, 15) is 13.6 Å². The number of hydrogen-bond acceptors (Lipinski definition) is 2. The predicted octanol–water partition coefficient (Wildman–Crippen LogP) is 5.24. The van der Waals surface area contributed by atoms with Crippen molar-refractivity contribution in [2.45, 2.75) is 38.1 Å². The van der Waals surface area contributed by atoms with Crippen molar-refractivity contribution in [3.8, 4) is 0 Å². The SMILES string of the molecule is Cl.O=C(NCCCN1C[C@H]2CC[C@@H]1[C@@H](Cc1ccc(F)cc1)C2)Nc1ccc(F)cc1. The molecule has 2 heterocycles. The minimum absolute atomic E-state index is 0. The van der Waals surface area contributed by atoms with E-state index in [1.54, 1.807) is 24.3 Å². The number of piperidine rings is 2. The molecule has 2 aromatic rings. The van der Waals surface area contributed by atoms with E-state index in [0.717, 1.165) is 31.8 Å². The molecule has 31 heavy (non-hydrogen) atoms. The maximum Gasteiger partial charge on any atom is 0.319 e. The van der Waals surface area contributed by atoms with Gasteiger partial charge in [-0.15, -0.1) is 12.4 Å². The van der Waals surface area contributed by atoms with E-state index in [0.29, 0.717) is 24.2 Å². The Morgan fingerprint density at radius 3 is 2.35 bits per heavy atom. The first-order chi connectivity index (χ1) is 14.6. The Hall–Kier alpha value is -2.18. The lowest BCUT2D eigenvalue weighted by atomic mass is 9.70. The summed E-state index contributed by atoms with van der Waals surface area (Å²) >= 11 is 0. The Balaban J connectivity index is 0.00000272. The standard InChI is InChI=1S/C24H29F2N3O.ClH/c25-20-5-2-17(3-6-20)14-19-15-18-4-11-23(19)29(16-18)13-1-12-27-24(30)28-22-9-7-21(26)8-10-22;/h2-3,5-10,18-19,23H,1,4,11-16H2,(H2,27,28,30);1H/t18-,19-,23+;/m0./s1. The highest BCUT2D eigenvalue weighted by Crippen LogP contribution is 2.40. The fraction of sp³-hybridized carbons (Fsp3) is 0.458. The summed E-state index contributed by atoms with van der Waals surface area (Å²) in [5, 5.41) is 5.60. The number of hydrogen-bond donors (Lipinski definition) is 2. The van der Waals surface area contributed by atoms with Crippen molar-refractivity contribution in [3.05, 3.63) is 65.7 Å². The van der Waals surface area contributed by atoms with E-state index in [-0.39, 0.29) is 30.1 Å². The molecule has 3 fully saturated rings. The van der Waals surface area contributed by atoms with Gasteiger partial charge in [-0.25, -0.2) is 13.6 Å². The predicted molar refractivity (Wildman–Crippen MR) is 122 cm³/mol. The molecule has 7 heteroatoms. The van der Waals surface area contributed by atoms with Gasteiger partial charge in [-0.05, 0) is 85.9 Å². The molecule has 0 radical (unpaired) electrons. The van der Waals surface area contributed by atoms with Crippen molar-refractivity contribution in [2.75, 3.05) is 25.0 Å². The lowest BCUT2D eigenvalue weighted by Gasteiger charge is -2.50. The van der Waals surface area contributed by atoms with Crippen LogP contribution in [0, 0.1) is 23.5 Å². The molecular weight excluding hydrogens is 420 g/mol. The van der Waals surface area contributed by atoms with Gasteiger partial charge >= 0.3 is 6.03 Å². The van der Waals surface area contributed by atoms with E-state index in [1.807, 2.05) is 12.1 Å². The van der Waals surface area contributed by atoms with Crippen LogP contribution in [0.25, 0.3) is 0 Å². The van der Waals surface area contributed by atoms with Crippen molar-refractivity contribution < 1.29 is 13.6 Å². The lowest BCUT2D eigenvalue weighted by molar-refractivity contribution is 0.000976. The maximum absolute atomic E-state index is 13.2. The highest BCUT2D eigenvalue weighted by atomic mass is 35.5. The molecule has 0 unspecified atom stereocenters. The van der Waals surface area contributed by atoms with Gasteiger partial charge < -0.3 is 10.6 Å². The van der Waals surface area contributed by atoms with Gasteiger partial charge in [0.1, 0.15) is 11.6 Å². The lowest BCUT2D eigenvalue weighted by Crippen LogP contribution is -2.54. The summed E-state index contributed by atoms with van der Waals surface area (Å²) in [6, 6.07) is 13.0.